The average molecular weight is 404 g/mol. The molecule has 2 aromatic heterocycles. The molecule has 0 aromatic carbocycles. The molecule has 0 bridgehead atoms. The van der Waals surface area contributed by atoms with Gasteiger partial charge in [-0.15, -0.1) is 0 Å². The number of pyridine rings is 1. The third-order valence-corrected chi connectivity index (χ3v) is 5.23. The zero-order chi connectivity index (χ0) is 14.1. The maximum absolute atomic E-state index is 11.6. The highest BCUT2D eigenvalue weighted by atomic mass is 127. The molecule has 3 rings (SSSR count). The molecule has 20 heavy (non-hydrogen) atoms. The first kappa shape index (κ1) is 14.0. The Morgan fingerprint density at radius 2 is 2.15 bits per heavy atom. The SMILES string of the molecule is NC(=O)c1ncc(N2CCNCC2)c2cnn(PI)c12. The van der Waals surface area contributed by atoms with E-state index in [2.05, 4.69) is 42.3 Å². The highest BCUT2D eigenvalue weighted by molar-refractivity contribution is 14.2. The largest absolute Gasteiger partial charge is 0.367 e. The Hall–Kier alpha value is -0.990. The number of halogens is 1. The van der Waals surface area contributed by atoms with Gasteiger partial charge in [0.2, 0.25) is 0 Å². The molecule has 0 radical (unpaired) electrons. The van der Waals surface area contributed by atoms with E-state index in [1.165, 1.54) is 0 Å². The van der Waals surface area contributed by atoms with Gasteiger partial charge in [0.1, 0.15) is 5.52 Å². The number of carbonyl (C=O) groups excluding carboxylic acids is 1. The smallest absolute Gasteiger partial charge is 0.269 e. The van der Waals surface area contributed by atoms with E-state index < -0.39 is 5.91 Å². The molecule has 0 saturated carbocycles. The van der Waals surface area contributed by atoms with Crippen LogP contribution >= 0.6 is 28.4 Å². The topological polar surface area (TPSA) is 89.1 Å². The van der Waals surface area contributed by atoms with E-state index in [0.717, 1.165) is 42.8 Å². The van der Waals surface area contributed by atoms with Crippen LogP contribution in [0.25, 0.3) is 10.9 Å². The summed E-state index contributed by atoms with van der Waals surface area (Å²) in [7, 11) is 0. The number of carbonyl (C=O) groups is 1. The van der Waals surface area contributed by atoms with Crippen molar-refractivity contribution in [2.75, 3.05) is 31.1 Å². The summed E-state index contributed by atoms with van der Waals surface area (Å²) in [5, 5.41) is 8.61. The molecule has 9 heteroatoms. The molecule has 106 valence electrons. The van der Waals surface area contributed by atoms with E-state index in [-0.39, 0.29) is 0 Å². The van der Waals surface area contributed by atoms with Crippen molar-refractivity contribution >= 4 is 50.9 Å². The summed E-state index contributed by atoms with van der Waals surface area (Å²) in [5.41, 5.74) is 7.48. The number of anilines is 1. The maximum atomic E-state index is 11.6. The lowest BCUT2D eigenvalue weighted by atomic mass is 10.2. The molecule has 1 aliphatic heterocycles. The molecule has 2 aromatic rings. The number of nitrogens with one attached hydrogen (secondary N) is 1. The van der Waals surface area contributed by atoms with E-state index in [1.54, 1.807) is 16.8 Å². The lowest BCUT2D eigenvalue weighted by Crippen LogP contribution is -2.43. The lowest BCUT2D eigenvalue weighted by Gasteiger charge is -2.29. The van der Waals surface area contributed by atoms with Gasteiger partial charge >= 0.3 is 0 Å². The van der Waals surface area contributed by atoms with Crippen LogP contribution in [0.1, 0.15) is 10.5 Å². The van der Waals surface area contributed by atoms with Crippen molar-refractivity contribution in [1.82, 2.24) is 19.9 Å². The monoisotopic (exact) mass is 404 g/mol. The van der Waals surface area contributed by atoms with Crippen LogP contribution in [-0.2, 0) is 0 Å². The van der Waals surface area contributed by atoms with Crippen LogP contribution in [0, 0.1) is 0 Å². The minimum absolute atomic E-state index is 0.292. The van der Waals surface area contributed by atoms with Crippen molar-refractivity contribution < 1.29 is 4.79 Å². The van der Waals surface area contributed by atoms with Crippen molar-refractivity contribution in [2.45, 2.75) is 0 Å². The number of hydrogen-bond donors (Lipinski definition) is 2. The van der Waals surface area contributed by atoms with Gasteiger partial charge in [-0.25, -0.2) is 9.44 Å². The molecule has 1 fully saturated rings. The number of primary amides is 1. The lowest BCUT2D eigenvalue weighted by molar-refractivity contribution is 0.0997. The van der Waals surface area contributed by atoms with Crippen LogP contribution in [0.4, 0.5) is 5.69 Å². The zero-order valence-electron chi connectivity index (χ0n) is 10.6. The maximum Gasteiger partial charge on any atom is 0.269 e. The fourth-order valence-corrected chi connectivity index (χ4v) is 3.93. The predicted octanol–water partition coefficient (Wildman–Crippen LogP) is 0.731. The number of amides is 1. The Balaban J connectivity index is 2.17. The van der Waals surface area contributed by atoms with Crippen molar-refractivity contribution in [3.8, 4) is 0 Å². The first-order valence-electron chi connectivity index (χ1n) is 6.21. The highest BCUT2D eigenvalue weighted by Gasteiger charge is 2.20. The molecule has 1 aliphatic rings. The Morgan fingerprint density at radius 1 is 1.40 bits per heavy atom. The first-order valence-corrected chi connectivity index (χ1v) is 10.3. The quantitative estimate of drug-likeness (QED) is 0.582. The molecule has 1 amide bonds. The van der Waals surface area contributed by atoms with E-state index in [0.29, 0.717) is 12.1 Å². The van der Waals surface area contributed by atoms with Crippen LogP contribution in [0.5, 0.6) is 0 Å². The molecule has 0 aliphatic carbocycles. The van der Waals surface area contributed by atoms with Gasteiger partial charge in [0.05, 0.1) is 24.5 Å². The Labute approximate surface area is 130 Å². The number of rotatable bonds is 3. The summed E-state index contributed by atoms with van der Waals surface area (Å²) < 4.78 is 1.79. The second kappa shape index (κ2) is 5.79. The highest BCUT2D eigenvalue weighted by Crippen LogP contribution is 2.34. The van der Waals surface area contributed by atoms with E-state index in [9.17, 15) is 4.79 Å². The van der Waals surface area contributed by atoms with Gasteiger partial charge in [0.15, 0.2) is 5.69 Å². The first-order chi connectivity index (χ1) is 9.72. The molecular formula is C11H14IN6OP. The fraction of sp³-hybridized carbons (Fsp3) is 0.364. The Bertz CT molecular complexity index is 654. The van der Waals surface area contributed by atoms with Crippen molar-refractivity contribution in [3.05, 3.63) is 18.1 Å². The van der Waals surface area contributed by atoms with Crippen LogP contribution in [-0.4, -0.2) is 46.6 Å². The van der Waals surface area contributed by atoms with Crippen molar-refractivity contribution in [1.29, 1.82) is 0 Å². The van der Waals surface area contributed by atoms with E-state index in [4.69, 9.17) is 5.73 Å². The number of piperazine rings is 1. The second-order valence-corrected chi connectivity index (χ2v) is 6.54. The van der Waals surface area contributed by atoms with Gasteiger partial charge in [-0.05, 0) is 22.0 Å². The third-order valence-electron chi connectivity index (χ3n) is 3.36. The molecule has 0 spiro atoms. The van der Waals surface area contributed by atoms with Gasteiger partial charge < -0.3 is 16.0 Å². The number of fused-ring (bicyclic) bond motifs is 1. The minimum Gasteiger partial charge on any atom is -0.367 e. The molecule has 3 N–H and O–H groups in total. The number of aromatic nitrogens is 3. The van der Waals surface area contributed by atoms with Crippen molar-refractivity contribution in [3.63, 3.8) is 0 Å². The normalized spacial score (nSPS) is 16.4. The third kappa shape index (κ3) is 2.36. The van der Waals surface area contributed by atoms with Gasteiger partial charge in [-0.3, -0.25) is 4.79 Å². The second-order valence-electron chi connectivity index (χ2n) is 4.50. The zero-order valence-corrected chi connectivity index (χ0v) is 13.8. The fourth-order valence-electron chi connectivity index (χ4n) is 2.42. The summed E-state index contributed by atoms with van der Waals surface area (Å²) in [6.45, 7) is 3.73. The summed E-state index contributed by atoms with van der Waals surface area (Å²) >= 11 is 2.23. The van der Waals surface area contributed by atoms with Crippen LogP contribution in [0.15, 0.2) is 12.4 Å². The standard InChI is InChI=1S/C11H14IN6OP/c12-20-18-10-7(5-16-18)8(6-15-9(10)11(13)19)17-3-1-14-2-4-17/h5-6,14,20H,1-4H2,(H2,13,19). The summed E-state index contributed by atoms with van der Waals surface area (Å²) in [4.78, 5) is 18.1. The van der Waals surface area contributed by atoms with E-state index >= 15 is 0 Å². The average Bonchev–Trinajstić information content (AvgIpc) is 2.91. The molecule has 7 nitrogen and oxygen atoms in total. The number of nitrogens with two attached hydrogens (primary N) is 1. The summed E-state index contributed by atoms with van der Waals surface area (Å²) in [6, 6.07) is 0. The van der Waals surface area contributed by atoms with Gasteiger partial charge in [0, 0.05) is 31.6 Å². The van der Waals surface area contributed by atoms with Gasteiger partial charge in [0.25, 0.3) is 5.91 Å². The minimum atomic E-state index is -0.515. The number of nitrogens with zero attached hydrogens (tertiary/aromatic N) is 4. The predicted molar refractivity (Wildman–Crippen MR) is 88.9 cm³/mol. The summed E-state index contributed by atoms with van der Waals surface area (Å²) in [5.74, 6) is -0.515. The van der Waals surface area contributed by atoms with Crippen LogP contribution in [0.3, 0.4) is 0 Å². The van der Waals surface area contributed by atoms with Gasteiger partial charge in [-0.2, -0.15) is 5.10 Å². The van der Waals surface area contributed by atoms with Crippen LogP contribution < -0.4 is 16.0 Å². The molecular weight excluding hydrogens is 390 g/mol. The number of hydrogen-bond acceptors (Lipinski definition) is 5. The van der Waals surface area contributed by atoms with Crippen LogP contribution in [0.2, 0.25) is 0 Å². The molecule has 3 heterocycles. The molecule has 1 unspecified atom stereocenters. The molecule has 1 atom stereocenters. The Morgan fingerprint density at radius 3 is 2.80 bits per heavy atom. The van der Waals surface area contributed by atoms with Gasteiger partial charge in [-0.1, -0.05) is 0 Å². The Kier molecular flexibility index (Phi) is 4.04. The molecule has 1 saturated heterocycles. The summed E-state index contributed by atoms with van der Waals surface area (Å²) in [6.07, 6.45) is 3.93. The van der Waals surface area contributed by atoms with E-state index in [1.807, 2.05) is 0 Å². The van der Waals surface area contributed by atoms with Crippen molar-refractivity contribution in [2.24, 2.45) is 5.73 Å².